The standard InChI is InChI=1S/C5H12O2.C4H6O/c1-5(2,3-6)4-7;1-3-5-4-2/h6-7H,3-4H2,1-2H3;3-4H,1-2H2. The van der Waals surface area contributed by atoms with Crippen LogP contribution in [-0.2, 0) is 4.74 Å². The van der Waals surface area contributed by atoms with Crippen molar-refractivity contribution in [3.05, 3.63) is 25.7 Å². The van der Waals surface area contributed by atoms with Gasteiger partial charge in [0.1, 0.15) is 0 Å². The molecule has 0 fully saturated rings. The third-order valence-electron chi connectivity index (χ3n) is 1.05. The first-order valence-electron chi connectivity index (χ1n) is 3.63. The van der Waals surface area contributed by atoms with Gasteiger partial charge in [-0.25, -0.2) is 0 Å². The molecule has 3 heteroatoms. The van der Waals surface area contributed by atoms with Crippen LogP contribution in [0.3, 0.4) is 0 Å². The van der Waals surface area contributed by atoms with Crippen LogP contribution in [0.5, 0.6) is 0 Å². The lowest BCUT2D eigenvalue weighted by molar-refractivity contribution is 0.0857. The molecule has 0 aliphatic carbocycles. The van der Waals surface area contributed by atoms with Crippen molar-refractivity contribution in [1.29, 1.82) is 0 Å². The molecule has 0 aliphatic rings. The Hall–Kier alpha value is -0.800. The van der Waals surface area contributed by atoms with Crippen molar-refractivity contribution in [1.82, 2.24) is 0 Å². The molecule has 0 aromatic carbocycles. The van der Waals surface area contributed by atoms with Crippen molar-refractivity contribution in [2.45, 2.75) is 13.8 Å². The molecule has 0 aromatic heterocycles. The van der Waals surface area contributed by atoms with E-state index in [1.165, 1.54) is 12.5 Å². The Morgan fingerprint density at radius 2 is 1.50 bits per heavy atom. The zero-order chi connectivity index (χ0) is 10.0. The van der Waals surface area contributed by atoms with E-state index in [1.807, 2.05) is 0 Å². The van der Waals surface area contributed by atoms with Gasteiger partial charge in [0.2, 0.25) is 0 Å². The Morgan fingerprint density at radius 1 is 1.17 bits per heavy atom. The quantitative estimate of drug-likeness (QED) is 0.631. The van der Waals surface area contributed by atoms with Crippen LogP contribution in [-0.4, -0.2) is 23.4 Å². The second-order valence-corrected chi connectivity index (χ2v) is 2.95. The first-order valence-corrected chi connectivity index (χ1v) is 3.63. The number of rotatable bonds is 4. The van der Waals surface area contributed by atoms with E-state index in [1.54, 1.807) is 13.8 Å². The molecule has 12 heavy (non-hydrogen) atoms. The van der Waals surface area contributed by atoms with Crippen LogP contribution in [0.2, 0.25) is 0 Å². The number of hydrogen-bond donors (Lipinski definition) is 2. The van der Waals surface area contributed by atoms with Gasteiger partial charge in [0.05, 0.1) is 25.7 Å². The van der Waals surface area contributed by atoms with Gasteiger partial charge in [-0.05, 0) is 0 Å². The fourth-order valence-corrected chi connectivity index (χ4v) is 0.118. The van der Waals surface area contributed by atoms with Gasteiger partial charge in [0.25, 0.3) is 0 Å². The van der Waals surface area contributed by atoms with Crippen LogP contribution >= 0.6 is 0 Å². The molecule has 3 nitrogen and oxygen atoms in total. The molecule has 0 aliphatic heterocycles. The molecule has 0 amide bonds. The van der Waals surface area contributed by atoms with E-state index in [4.69, 9.17) is 10.2 Å². The van der Waals surface area contributed by atoms with Gasteiger partial charge in [-0.3, -0.25) is 0 Å². The molecular weight excluding hydrogens is 156 g/mol. The fourth-order valence-electron chi connectivity index (χ4n) is 0.118. The Morgan fingerprint density at radius 3 is 1.50 bits per heavy atom. The third kappa shape index (κ3) is 11.9. The van der Waals surface area contributed by atoms with E-state index in [9.17, 15) is 0 Å². The van der Waals surface area contributed by atoms with Gasteiger partial charge in [-0.2, -0.15) is 0 Å². The molecule has 2 N–H and O–H groups in total. The maximum atomic E-state index is 8.43. The minimum atomic E-state index is -0.306. The molecule has 0 saturated carbocycles. The molecule has 0 atom stereocenters. The highest BCUT2D eigenvalue weighted by Gasteiger charge is 2.13. The highest BCUT2D eigenvalue weighted by atomic mass is 16.5. The smallest absolute Gasteiger partial charge is 0.0829 e. The number of aliphatic hydroxyl groups excluding tert-OH is 2. The van der Waals surface area contributed by atoms with Gasteiger partial charge < -0.3 is 14.9 Å². The van der Waals surface area contributed by atoms with Crippen molar-refractivity contribution < 1.29 is 14.9 Å². The summed E-state index contributed by atoms with van der Waals surface area (Å²) in [5.41, 5.74) is -0.306. The normalized spacial score (nSPS) is 9.33. The van der Waals surface area contributed by atoms with Crippen molar-refractivity contribution in [3.8, 4) is 0 Å². The van der Waals surface area contributed by atoms with Gasteiger partial charge in [0, 0.05) is 5.41 Å². The van der Waals surface area contributed by atoms with Gasteiger partial charge in [-0.1, -0.05) is 27.0 Å². The van der Waals surface area contributed by atoms with Crippen LogP contribution in [0, 0.1) is 5.41 Å². The molecule has 0 bridgehead atoms. The number of ether oxygens (including phenoxy) is 1. The Labute approximate surface area is 74.0 Å². The second-order valence-electron chi connectivity index (χ2n) is 2.95. The largest absolute Gasteiger partial charge is 0.474 e. The van der Waals surface area contributed by atoms with Crippen LogP contribution in [0.4, 0.5) is 0 Å². The van der Waals surface area contributed by atoms with Crippen molar-refractivity contribution in [3.63, 3.8) is 0 Å². The maximum absolute atomic E-state index is 8.43. The predicted molar refractivity (Wildman–Crippen MR) is 49.4 cm³/mol. The monoisotopic (exact) mass is 174 g/mol. The Balaban J connectivity index is 0. The predicted octanol–water partition coefficient (Wildman–Crippen LogP) is 1.29. The summed E-state index contributed by atoms with van der Waals surface area (Å²) in [5.74, 6) is 0. The topological polar surface area (TPSA) is 49.7 Å². The average molecular weight is 174 g/mol. The molecule has 0 rings (SSSR count). The fraction of sp³-hybridized carbons (Fsp3) is 0.556. The Bertz CT molecular complexity index is 107. The number of aliphatic hydroxyl groups is 2. The van der Waals surface area contributed by atoms with E-state index in [2.05, 4.69) is 17.9 Å². The summed E-state index contributed by atoms with van der Waals surface area (Å²) in [4.78, 5) is 0. The van der Waals surface area contributed by atoms with Crippen LogP contribution in [0.1, 0.15) is 13.8 Å². The van der Waals surface area contributed by atoms with Gasteiger partial charge >= 0.3 is 0 Å². The lowest BCUT2D eigenvalue weighted by Crippen LogP contribution is -2.20. The third-order valence-corrected chi connectivity index (χ3v) is 1.05. The highest BCUT2D eigenvalue weighted by Crippen LogP contribution is 2.10. The van der Waals surface area contributed by atoms with Gasteiger partial charge in [-0.15, -0.1) is 0 Å². The molecule has 0 spiro atoms. The summed E-state index contributed by atoms with van der Waals surface area (Å²) in [6.07, 6.45) is 2.62. The van der Waals surface area contributed by atoms with E-state index >= 15 is 0 Å². The summed E-state index contributed by atoms with van der Waals surface area (Å²) in [7, 11) is 0. The average Bonchev–Trinajstić information content (AvgIpc) is 2.07. The highest BCUT2D eigenvalue weighted by molar-refractivity contribution is 4.62. The van der Waals surface area contributed by atoms with Crippen molar-refractivity contribution in [2.24, 2.45) is 5.41 Å². The molecule has 0 aromatic rings. The minimum Gasteiger partial charge on any atom is -0.474 e. The van der Waals surface area contributed by atoms with E-state index in [-0.39, 0.29) is 18.6 Å². The zero-order valence-corrected chi connectivity index (χ0v) is 7.79. The molecule has 0 unspecified atom stereocenters. The second kappa shape index (κ2) is 8.30. The number of hydrogen-bond acceptors (Lipinski definition) is 3. The summed E-state index contributed by atoms with van der Waals surface area (Å²) in [6, 6.07) is 0. The Kier molecular flexibility index (Phi) is 9.52. The lowest BCUT2D eigenvalue weighted by Gasteiger charge is -2.16. The summed E-state index contributed by atoms with van der Waals surface area (Å²) in [6.45, 7) is 10.2. The minimum absolute atomic E-state index is 0.0451. The van der Waals surface area contributed by atoms with Crippen LogP contribution in [0.15, 0.2) is 25.7 Å². The molecule has 0 radical (unpaired) electrons. The summed E-state index contributed by atoms with van der Waals surface area (Å²) < 4.78 is 4.36. The lowest BCUT2D eigenvalue weighted by atomic mass is 9.97. The summed E-state index contributed by atoms with van der Waals surface area (Å²) in [5, 5.41) is 16.9. The SMILES string of the molecule is C=COC=C.CC(C)(CO)CO. The van der Waals surface area contributed by atoms with Crippen molar-refractivity contribution in [2.75, 3.05) is 13.2 Å². The molecule has 0 saturated heterocycles. The molecule has 72 valence electrons. The zero-order valence-electron chi connectivity index (χ0n) is 7.79. The van der Waals surface area contributed by atoms with Crippen LogP contribution < -0.4 is 0 Å². The maximum Gasteiger partial charge on any atom is 0.0829 e. The summed E-state index contributed by atoms with van der Waals surface area (Å²) >= 11 is 0. The molecule has 0 heterocycles. The van der Waals surface area contributed by atoms with Gasteiger partial charge in [0.15, 0.2) is 0 Å². The van der Waals surface area contributed by atoms with Crippen molar-refractivity contribution >= 4 is 0 Å². The van der Waals surface area contributed by atoms with Crippen LogP contribution in [0.25, 0.3) is 0 Å². The molecular formula is C9H18O3. The van der Waals surface area contributed by atoms with E-state index < -0.39 is 0 Å². The first-order chi connectivity index (χ1) is 5.54. The van der Waals surface area contributed by atoms with E-state index in [0.29, 0.717) is 0 Å². The van der Waals surface area contributed by atoms with E-state index in [0.717, 1.165) is 0 Å². The first kappa shape index (κ1) is 13.8.